The fraction of sp³-hybridized carbons (Fsp3) is 0.125. The van der Waals surface area contributed by atoms with Crippen LogP contribution in [-0.2, 0) is 16.4 Å². The largest absolute Gasteiger partial charge is 0.279 e. The van der Waals surface area contributed by atoms with Crippen LogP contribution in [0, 0.1) is 18.3 Å². The monoisotopic (exact) mass is 311 g/mol. The van der Waals surface area contributed by atoms with E-state index < -0.39 is 10.0 Å². The van der Waals surface area contributed by atoms with Crippen molar-refractivity contribution in [3.63, 3.8) is 0 Å². The van der Waals surface area contributed by atoms with Gasteiger partial charge in [0.15, 0.2) is 0 Å². The van der Waals surface area contributed by atoms with Gasteiger partial charge in [-0.2, -0.15) is 5.26 Å². The van der Waals surface area contributed by atoms with Crippen LogP contribution in [-0.4, -0.2) is 13.4 Å². The maximum Gasteiger partial charge on any atom is 0.262 e. The minimum atomic E-state index is -3.67. The van der Waals surface area contributed by atoms with Gasteiger partial charge in [0.2, 0.25) is 0 Å². The van der Waals surface area contributed by atoms with Crippen LogP contribution >= 0.6 is 0 Å². The van der Waals surface area contributed by atoms with Crippen LogP contribution in [0.2, 0.25) is 0 Å². The summed E-state index contributed by atoms with van der Waals surface area (Å²) < 4.78 is 27.4. The molecule has 1 aromatic carbocycles. The molecule has 1 aliphatic rings. The van der Waals surface area contributed by atoms with Gasteiger partial charge in [0, 0.05) is 18.0 Å². The topological polar surface area (TPSA) is 82.8 Å². The number of hydrogen-bond acceptors (Lipinski definition) is 4. The van der Waals surface area contributed by atoms with Crippen molar-refractivity contribution in [1.82, 2.24) is 4.98 Å². The molecule has 3 rings (SSSR count). The van der Waals surface area contributed by atoms with E-state index in [2.05, 4.69) is 15.8 Å². The van der Waals surface area contributed by atoms with E-state index >= 15 is 0 Å². The van der Waals surface area contributed by atoms with E-state index in [0.29, 0.717) is 17.7 Å². The molecular weight excluding hydrogens is 298 g/mol. The molecule has 5 nitrogen and oxygen atoms in total. The molecule has 2 aromatic rings. The van der Waals surface area contributed by atoms with Gasteiger partial charge in [-0.05, 0) is 42.7 Å². The number of aromatic nitrogens is 1. The minimum absolute atomic E-state index is 0.156. The number of hydrogen-bond donors (Lipinski definition) is 1. The average Bonchev–Trinajstić information content (AvgIpc) is 2.96. The summed E-state index contributed by atoms with van der Waals surface area (Å²) in [6, 6.07) is 8.60. The Kier molecular flexibility index (Phi) is 3.43. The van der Waals surface area contributed by atoms with Crippen LogP contribution in [0.1, 0.15) is 16.7 Å². The number of allylic oxidation sites excluding steroid dienone is 2. The van der Waals surface area contributed by atoms with E-state index in [-0.39, 0.29) is 4.90 Å². The zero-order valence-corrected chi connectivity index (χ0v) is 12.7. The molecule has 0 spiro atoms. The predicted octanol–water partition coefficient (Wildman–Crippen LogP) is 2.65. The predicted molar refractivity (Wildman–Crippen MR) is 83.5 cm³/mol. The number of nitriles is 1. The second-order valence-electron chi connectivity index (χ2n) is 5.01. The molecule has 0 atom stereocenters. The van der Waals surface area contributed by atoms with Crippen molar-refractivity contribution in [2.45, 2.75) is 18.2 Å². The van der Waals surface area contributed by atoms with Crippen LogP contribution < -0.4 is 4.72 Å². The van der Waals surface area contributed by atoms with Crippen LogP contribution in [0.5, 0.6) is 0 Å². The SMILES string of the molecule is Cc1ccc(NS(=O)(=O)c2ccncc2)c2c1C(C#N)=CC2. The van der Waals surface area contributed by atoms with Crippen LogP contribution in [0.15, 0.2) is 47.6 Å². The minimum Gasteiger partial charge on any atom is -0.279 e. The quantitative estimate of drug-likeness (QED) is 0.944. The standard InChI is InChI=1S/C16H13N3O2S/c1-11-2-5-15(14-4-3-12(10-17)16(11)14)19-22(20,21)13-6-8-18-9-7-13/h2-3,5-9,19H,4H2,1H3. The Morgan fingerprint density at radius 3 is 2.64 bits per heavy atom. The van der Waals surface area contributed by atoms with Crippen LogP contribution in [0.25, 0.3) is 5.57 Å². The van der Waals surface area contributed by atoms with Gasteiger partial charge in [-0.25, -0.2) is 8.42 Å². The van der Waals surface area contributed by atoms with Crippen molar-refractivity contribution >= 4 is 21.3 Å². The molecule has 0 bridgehead atoms. The third-order valence-electron chi connectivity index (χ3n) is 3.63. The Labute approximate surface area is 129 Å². The highest BCUT2D eigenvalue weighted by atomic mass is 32.2. The number of nitrogens with one attached hydrogen (secondary N) is 1. The smallest absolute Gasteiger partial charge is 0.262 e. The number of pyridine rings is 1. The summed E-state index contributed by atoms with van der Waals surface area (Å²) in [5.41, 5.74) is 3.75. The van der Waals surface area contributed by atoms with E-state index in [9.17, 15) is 13.7 Å². The molecule has 0 amide bonds. The molecule has 0 saturated heterocycles. The van der Waals surface area contributed by atoms with Crippen molar-refractivity contribution in [2.24, 2.45) is 0 Å². The first-order chi connectivity index (χ1) is 10.5. The summed E-state index contributed by atoms with van der Waals surface area (Å²) in [6.07, 6.45) is 5.24. The van der Waals surface area contributed by atoms with Gasteiger partial charge in [-0.3, -0.25) is 9.71 Å². The second kappa shape index (κ2) is 5.28. The third-order valence-corrected chi connectivity index (χ3v) is 5.01. The molecule has 0 fully saturated rings. The fourth-order valence-corrected chi connectivity index (χ4v) is 3.65. The molecular formula is C16H13N3O2S. The Bertz CT molecular complexity index is 910. The number of sulfonamides is 1. The molecule has 0 saturated carbocycles. The van der Waals surface area contributed by atoms with Crippen LogP contribution in [0.4, 0.5) is 5.69 Å². The van der Waals surface area contributed by atoms with Crippen molar-refractivity contribution in [1.29, 1.82) is 5.26 Å². The lowest BCUT2D eigenvalue weighted by Gasteiger charge is -2.14. The molecule has 1 heterocycles. The van der Waals surface area contributed by atoms with Crippen LogP contribution in [0.3, 0.4) is 0 Å². The van der Waals surface area contributed by atoms with E-state index in [4.69, 9.17) is 0 Å². The summed E-state index contributed by atoms with van der Waals surface area (Å²) in [5.74, 6) is 0. The summed E-state index contributed by atoms with van der Waals surface area (Å²) >= 11 is 0. The van der Waals surface area contributed by atoms with Crippen molar-refractivity contribution in [3.05, 3.63) is 59.4 Å². The highest BCUT2D eigenvalue weighted by molar-refractivity contribution is 7.92. The molecule has 6 heteroatoms. The van der Waals surface area contributed by atoms with Crippen molar-refractivity contribution < 1.29 is 8.42 Å². The van der Waals surface area contributed by atoms with Crippen molar-refractivity contribution in [2.75, 3.05) is 4.72 Å². The lowest BCUT2D eigenvalue weighted by atomic mass is 9.99. The summed E-state index contributed by atoms with van der Waals surface area (Å²) in [4.78, 5) is 3.98. The Hall–Kier alpha value is -2.65. The second-order valence-corrected chi connectivity index (χ2v) is 6.69. The molecule has 110 valence electrons. The maximum atomic E-state index is 12.4. The fourth-order valence-electron chi connectivity index (χ4n) is 2.58. The van der Waals surface area contributed by atoms with Gasteiger partial charge in [0.25, 0.3) is 10.0 Å². The summed E-state index contributed by atoms with van der Waals surface area (Å²) in [7, 11) is -3.67. The van der Waals surface area contributed by atoms with E-state index in [0.717, 1.165) is 16.7 Å². The molecule has 1 aromatic heterocycles. The Morgan fingerprint density at radius 1 is 1.23 bits per heavy atom. The van der Waals surface area contributed by atoms with Gasteiger partial charge in [-0.15, -0.1) is 0 Å². The number of fused-ring (bicyclic) bond motifs is 1. The molecule has 1 aliphatic carbocycles. The van der Waals surface area contributed by atoms with E-state index in [1.54, 1.807) is 6.07 Å². The highest BCUT2D eigenvalue weighted by Gasteiger charge is 2.22. The zero-order valence-electron chi connectivity index (χ0n) is 11.9. The van der Waals surface area contributed by atoms with Gasteiger partial charge < -0.3 is 0 Å². The lowest BCUT2D eigenvalue weighted by Crippen LogP contribution is -2.14. The molecule has 0 radical (unpaired) electrons. The first-order valence-electron chi connectivity index (χ1n) is 6.69. The molecule has 22 heavy (non-hydrogen) atoms. The first-order valence-corrected chi connectivity index (χ1v) is 8.17. The molecule has 1 N–H and O–H groups in total. The summed E-state index contributed by atoms with van der Waals surface area (Å²) in [5, 5.41) is 9.17. The number of anilines is 1. The van der Waals surface area contributed by atoms with Gasteiger partial charge >= 0.3 is 0 Å². The Morgan fingerprint density at radius 2 is 1.95 bits per heavy atom. The zero-order chi connectivity index (χ0) is 15.7. The number of benzene rings is 1. The average molecular weight is 311 g/mol. The van der Waals surface area contributed by atoms with E-state index in [1.165, 1.54) is 24.5 Å². The van der Waals surface area contributed by atoms with Crippen molar-refractivity contribution in [3.8, 4) is 6.07 Å². The normalized spacial score (nSPS) is 13.2. The third kappa shape index (κ3) is 2.36. The Balaban J connectivity index is 2.03. The number of nitrogens with zero attached hydrogens (tertiary/aromatic N) is 2. The first kappa shape index (κ1) is 14.3. The highest BCUT2D eigenvalue weighted by Crippen LogP contribution is 2.35. The van der Waals surface area contributed by atoms with Gasteiger partial charge in [0.1, 0.15) is 0 Å². The molecule has 0 aliphatic heterocycles. The summed E-state index contributed by atoms with van der Waals surface area (Å²) in [6.45, 7) is 1.91. The van der Waals surface area contributed by atoms with E-state index in [1.807, 2.05) is 19.1 Å². The maximum absolute atomic E-state index is 12.4. The van der Waals surface area contributed by atoms with Gasteiger partial charge in [-0.1, -0.05) is 12.1 Å². The van der Waals surface area contributed by atoms with Gasteiger partial charge in [0.05, 0.1) is 22.2 Å². The molecule has 0 unspecified atom stereocenters. The number of aryl methyl sites for hydroxylation is 1. The lowest BCUT2D eigenvalue weighted by molar-refractivity contribution is 0.601. The number of rotatable bonds is 3.